The fraction of sp³-hybridized carbons (Fsp3) is 0.294. The van der Waals surface area contributed by atoms with Crippen LogP contribution in [0, 0.1) is 6.92 Å². The maximum atomic E-state index is 12.4. The van der Waals surface area contributed by atoms with Gasteiger partial charge in [0.25, 0.3) is 0 Å². The molecule has 2 aromatic rings. The highest BCUT2D eigenvalue weighted by atomic mass is 32.1. The molecule has 1 aliphatic heterocycles. The van der Waals surface area contributed by atoms with E-state index in [0.717, 1.165) is 33.8 Å². The van der Waals surface area contributed by atoms with Crippen molar-refractivity contribution < 1.29 is 9.59 Å². The summed E-state index contributed by atoms with van der Waals surface area (Å²) in [5.74, 6) is 0.0553. The van der Waals surface area contributed by atoms with E-state index < -0.39 is 0 Å². The quantitative estimate of drug-likeness (QED) is 0.812. The third-order valence-corrected chi connectivity index (χ3v) is 4.78. The Kier molecular flexibility index (Phi) is 3.88. The number of fused-ring (bicyclic) bond motifs is 1. The van der Waals surface area contributed by atoms with Crippen LogP contribution in [0.3, 0.4) is 0 Å². The minimum absolute atomic E-state index is 0.0122. The molecule has 3 nitrogen and oxygen atoms in total. The first-order chi connectivity index (χ1) is 10.1. The fourth-order valence-electron chi connectivity index (χ4n) is 2.66. The zero-order valence-corrected chi connectivity index (χ0v) is 12.8. The van der Waals surface area contributed by atoms with Crippen LogP contribution in [-0.4, -0.2) is 18.2 Å². The number of hydrogen-bond donors (Lipinski definition) is 0. The maximum Gasteiger partial charge on any atom is 0.227 e. The molecular formula is C17H17NO2S. The molecule has 108 valence electrons. The van der Waals surface area contributed by atoms with Crippen molar-refractivity contribution in [3.05, 3.63) is 51.7 Å². The summed E-state index contributed by atoms with van der Waals surface area (Å²) in [6.45, 7) is 2.11. The molecule has 2 heterocycles. The van der Waals surface area contributed by atoms with E-state index in [1.165, 1.54) is 11.3 Å². The SMILES string of the molecule is Cc1ccc(C(=O)CN2C(=O)CCCc3ccccc32)s1. The number of Topliss-reactive ketones (excluding diaryl/α,β-unsaturated/α-hetero) is 1. The van der Waals surface area contributed by atoms with E-state index in [1.807, 2.05) is 43.3 Å². The number of rotatable bonds is 3. The molecule has 0 unspecified atom stereocenters. The number of hydrogen-bond acceptors (Lipinski definition) is 3. The van der Waals surface area contributed by atoms with Crippen molar-refractivity contribution in [2.75, 3.05) is 11.4 Å². The number of amides is 1. The maximum absolute atomic E-state index is 12.4. The Bertz CT molecular complexity index is 690. The lowest BCUT2D eigenvalue weighted by Gasteiger charge is -2.22. The number of aryl methyl sites for hydroxylation is 2. The van der Waals surface area contributed by atoms with Crippen molar-refractivity contribution in [3.8, 4) is 0 Å². The number of thiophene rings is 1. The largest absolute Gasteiger partial charge is 0.304 e. The summed E-state index contributed by atoms with van der Waals surface area (Å²) >= 11 is 1.48. The Morgan fingerprint density at radius 1 is 1.19 bits per heavy atom. The molecule has 0 aliphatic carbocycles. The van der Waals surface area contributed by atoms with Gasteiger partial charge in [-0.25, -0.2) is 0 Å². The summed E-state index contributed by atoms with van der Waals surface area (Å²) < 4.78 is 0. The van der Waals surface area contributed by atoms with Crippen LogP contribution in [0.1, 0.15) is 33.0 Å². The van der Waals surface area contributed by atoms with E-state index in [4.69, 9.17) is 0 Å². The van der Waals surface area contributed by atoms with Gasteiger partial charge in [-0.15, -0.1) is 11.3 Å². The molecule has 0 atom stereocenters. The van der Waals surface area contributed by atoms with Crippen LogP contribution in [0.4, 0.5) is 5.69 Å². The summed E-state index contributed by atoms with van der Waals surface area (Å²) in [6, 6.07) is 11.7. The third kappa shape index (κ3) is 2.90. The molecular weight excluding hydrogens is 282 g/mol. The Morgan fingerprint density at radius 3 is 2.76 bits per heavy atom. The number of carbonyl (C=O) groups excluding carboxylic acids is 2. The van der Waals surface area contributed by atoms with Crippen LogP contribution in [0.15, 0.2) is 36.4 Å². The van der Waals surface area contributed by atoms with Gasteiger partial charge in [0.05, 0.1) is 11.4 Å². The van der Waals surface area contributed by atoms with Gasteiger partial charge in [0.2, 0.25) is 5.91 Å². The molecule has 3 rings (SSSR count). The number of nitrogens with zero attached hydrogens (tertiary/aromatic N) is 1. The van der Waals surface area contributed by atoms with Gasteiger partial charge in [0.15, 0.2) is 5.78 Å². The molecule has 1 aromatic carbocycles. The molecule has 0 saturated heterocycles. The van der Waals surface area contributed by atoms with Gasteiger partial charge < -0.3 is 4.90 Å². The monoisotopic (exact) mass is 299 g/mol. The lowest BCUT2D eigenvalue weighted by atomic mass is 10.1. The average Bonchev–Trinajstić information content (AvgIpc) is 2.85. The third-order valence-electron chi connectivity index (χ3n) is 3.74. The van der Waals surface area contributed by atoms with Crippen molar-refractivity contribution in [3.63, 3.8) is 0 Å². The molecule has 0 saturated carbocycles. The van der Waals surface area contributed by atoms with E-state index >= 15 is 0 Å². The summed E-state index contributed by atoms with van der Waals surface area (Å²) in [7, 11) is 0. The number of benzene rings is 1. The summed E-state index contributed by atoms with van der Waals surface area (Å²) in [5.41, 5.74) is 2.04. The summed E-state index contributed by atoms with van der Waals surface area (Å²) in [4.78, 5) is 28.2. The molecule has 0 spiro atoms. The van der Waals surface area contributed by atoms with Crippen molar-refractivity contribution in [2.24, 2.45) is 0 Å². The van der Waals surface area contributed by atoms with Crippen LogP contribution >= 0.6 is 11.3 Å². The molecule has 0 N–H and O–H groups in total. The van der Waals surface area contributed by atoms with Crippen molar-refractivity contribution >= 4 is 28.7 Å². The molecule has 1 aromatic heterocycles. The molecule has 4 heteroatoms. The van der Waals surface area contributed by atoms with Crippen LogP contribution in [-0.2, 0) is 11.2 Å². The second kappa shape index (κ2) is 5.82. The standard InChI is InChI=1S/C17H17NO2S/c1-12-9-10-16(21-12)15(19)11-18-14-7-3-2-5-13(14)6-4-8-17(18)20/h2-3,5,7,9-10H,4,6,8,11H2,1H3. The summed E-state index contributed by atoms with van der Waals surface area (Å²) in [6.07, 6.45) is 2.24. The fourth-order valence-corrected chi connectivity index (χ4v) is 3.46. The Labute approximate surface area is 128 Å². The lowest BCUT2D eigenvalue weighted by Crippen LogP contribution is -2.35. The van der Waals surface area contributed by atoms with E-state index in [9.17, 15) is 9.59 Å². The molecule has 0 radical (unpaired) electrons. The highest BCUT2D eigenvalue weighted by Crippen LogP contribution is 2.27. The average molecular weight is 299 g/mol. The predicted octanol–water partition coefficient (Wildman–Crippen LogP) is 3.61. The Hall–Kier alpha value is -1.94. The van der Waals surface area contributed by atoms with Gasteiger partial charge in [-0.1, -0.05) is 18.2 Å². The number of anilines is 1. The van der Waals surface area contributed by atoms with Crippen molar-refractivity contribution in [1.29, 1.82) is 0 Å². The van der Waals surface area contributed by atoms with E-state index in [2.05, 4.69) is 0 Å². The topological polar surface area (TPSA) is 37.4 Å². The predicted molar refractivity (Wildman–Crippen MR) is 85.1 cm³/mol. The van der Waals surface area contributed by atoms with Gasteiger partial charge in [-0.2, -0.15) is 0 Å². The minimum atomic E-state index is 0.0122. The normalized spacial score (nSPS) is 14.7. The number of ketones is 1. The van der Waals surface area contributed by atoms with Gasteiger partial charge in [0, 0.05) is 17.0 Å². The van der Waals surface area contributed by atoms with Gasteiger partial charge in [-0.05, 0) is 43.5 Å². The smallest absolute Gasteiger partial charge is 0.227 e. The summed E-state index contributed by atoms with van der Waals surface area (Å²) in [5, 5.41) is 0. The lowest BCUT2D eigenvalue weighted by molar-refractivity contribution is -0.118. The van der Waals surface area contributed by atoms with Crippen LogP contribution < -0.4 is 4.90 Å². The van der Waals surface area contributed by atoms with Crippen molar-refractivity contribution in [2.45, 2.75) is 26.2 Å². The molecule has 0 fully saturated rings. The first kappa shape index (κ1) is 14.0. The number of para-hydroxylation sites is 1. The second-order valence-corrected chi connectivity index (χ2v) is 6.58. The van der Waals surface area contributed by atoms with E-state index in [0.29, 0.717) is 6.42 Å². The van der Waals surface area contributed by atoms with Crippen LogP contribution in [0.2, 0.25) is 0 Å². The first-order valence-corrected chi connectivity index (χ1v) is 7.95. The van der Waals surface area contributed by atoms with Crippen molar-refractivity contribution in [1.82, 2.24) is 0 Å². The van der Waals surface area contributed by atoms with Gasteiger partial charge >= 0.3 is 0 Å². The molecule has 21 heavy (non-hydrogen) atoms. The highest BCUT2D eigenvalue weighted by Gasteiger charge is 2.24. The Morgan fingerprint density at radius 2 is 2.00 bits per heavy atom. The Balaban J connectivity index is 1.89. The first-order valence-electron chi connectivity index (χ1n) is 7.13. The van der Waals surface area contributed by atoms with Crippen LogP contribution in [0.25, 0.3) is 0 Å². The van der Waals surface area contributed by atoms with E-state index in [1.54, 1.807) is 4.90 Å². The van der Waals surface area contributed by atoms with Gasteiger partial charge in [-0.3, -0.25) is 9.59 Å². The molecule has 0 bridgehead atoms. The second-order valence-electron chi connectivity index (χ2n) is 5.30. The molecule has 1 aliphatic rings. The zero-order valence-electron chi connectivity index (χ0n) is 12.0. The zero-order chi connectivity index (χ0) is 14.8. The molecule has 1 amide bonds. The van der Waals surface area contributed by atoms with Gasteiger partial charge in [0.1, 0.15) is 0 Å². The number of carbonyl (C=O) groups is 2. The minimum Gasteiger partial charge on any atom is -0.304 e. The van der Waals surface area contributed by atoms with E-state index in [-0.39, 0.29) is 18.2 Å². The highest BCUT2D eigenvalue weighted by molar-refractivity contribution is 7.14. The van der Waals surface area contributed by atoms with Crippen LogP contribution in [0.5, 0.6) is 0 Å².